The largest absolute Gasteiger partial charge is 0.455 e. The molecule has 0 amide bonds. The minimum Gasteiger partial charge on any atom is -0.455 e. The van der Waals surface area contributed by atoms with Crippen molar-refractivity contribution in [3.8, 4) is 11.5 Å². The molecule has 0 atom stereocenters. The molecule has 0 spiro atoms. The molecule has 0 radical (unpaired) electrons. The zero-order valence-electron chi connectivity index (χ0n) is 8.99. The van der Waals surface area contributed by atoms with Crippen LogP contribution in [0.25, 0.3) is 0 Å². The van der Waals surface area contributed by atoms with E-state index in [-0.39, 0.29) is 5.56 Å². The van der Waals surface area contributed by atoms with E-state index < -0.39 is 5.82 Å². The van der Waals surface area contributed by atoms with Gasteiger partial charge in [-0.25, -0.2) is 4.39 Å². The van der Waals surface area contributed by atoms with E-state index in [1.54, 1.807) is 6.07 Å². The van der Waals surface area contributed by atoms with Crippen LogP contribution in [-0.4, -0.2) is 6.29 Å². The number of benzene rings is 2. The lowest BCUT2D eigenvalue weighted by Gasteiger charge is -2.09. The highest BCUT2D eigenvalue weighted by atomic mass is 79.9. The first-order chi connectivity index (χ1) is 8.60. The fourth-order valence-corrected chi connectivity index (χ4v) is 2.51. The quantitative estimate of drug-likeness (QED) is 0.711. The molecule has 0 aromatic heterocycles. The van der Waals surface area contributed by atoms with E-state index in [9.17, 15) is 9.18 Å². The van der Waals surface area contributed by atoms with Crippen molar-refractivity contribution in [1.82, 2.24) is 0 Å². The van der Waals surface area contributed by atoms with Gasteiger partial charge in [0.25, 0.3) is 0 Å². The van der Waals surface area contributed by atoms with E-state index in [0.29, 0.717) is 17.8 Å². The van der Waals surface area contributed by atoms with E-state index in [2.05, 4.69) is 31.9 Å². The fourth-order valence-electron chi connectivity index (χ4n) is 1.38. The van der Waals surface area contributed by atoms with Crippen LogP contribution in [0.1, 0.15) is 10.4 Å². The van der Waals surface area contributed by atoms with Crippen molar-refractivity contribution in [2.45, 2.75) is 0 Å². The van der Waals surface area contributed by atoms with Crippen LogP contribution in [0, 0.1) is 5.82 Å². The van der Waals surface area contributed by atoms with E-state index >= 15 is 0 Å². The number of carbonyl (C=O) groups is 1. The Balaban J connectivity index is 2.36. The van der Waals surface area contributed by atoms with Gasteiger partial charge in [0, 0.05) is 4.47 Å². The highest BCUT2D eigenvalue weighted by Gasteiger charge is 2.08. The lowest BCUT2D eigenvalue weighted by molar-refractivity contribution is 0.112. The SMILES string of the molecule is O=Cc1cc(F)ccc1Oc1ccc(Br)cc1Br. The first-order valence-corrected chi connectivity index (χ1v) is 6.56. The summed E-state index contributed by atoms with van der Waals surface area (Å²) in [6.45, 7) is 0. The fraction of sp³-hybridized carbons (Fsp3) is 0. The number of hydrogen-bond donors (Lipinski definition) is 0. The summed E-state index contributed by atoms with van der Waals surface area (Å²) in [5.41, 5.74) is 0.171. The van der Waals surface area contributed by atoms with Crippen LogP contribution in [0.2, 0.25) is 0 Å². The van der Waals surface area contributed by atoms with E-state index in [1.807, 2.05) is 12.1 Å². The van der Waals surface area contributed by atoms with Crippen LogP contribution >= 0.6 is 31.9 Å². The Hall–Kier alpha value is -1.20. The molecular weight excluding hydrogens is 367 g/mol. The van der Waals surface area contributed by atoms with Gasteiger partial charge >= 0.3 is 0 Å². The molecule has 0 aliphatic heterocycles. The van der Waals surface area contributed by atoms with Crippen molar-refractivity contribution in [3.63, 3.8) is 0 Å². The van der Waals surface area contributed by atoms with Gasteiger partial charge in [-0.15, -0.1) is 0 Å². The van der Waals surface area contributed by atoms with Crippen molar-refractivity contribution in [1.29, 1.82) is 0 Å². The number of aldehydes is 1. The van der Waals surface area contributed by atoms with Gasteiger partial charge in [-0.1, -0.05) is 15.9 Å². The molecule has 0 aliphatic rings. The first-order valence-electron chi connectivity index (χ1n) is 4.98. The van der Waals surface area contributed by atoms with Gasteiger partial charge in [-0.3, -0.25) is 4.79 Å². The van der Waals surface area contributed by atoms with Gasteiger partial charge in [0.05, 0.1) is 10.0 Å². The van der Waals surface area contributed by atoms with Crippen LogP contribution < -0.4 is 4.74 Å². The molecule has 2 rings (SSSR count). The smallest absolute Gasteiger partial charge is 0.153 e. The topological polar surface area (TPSA) is 26.3 Å². The zero-order valence-corrected chi connectivity index (χ0v) is 12.2. The first kappa shape index (κ1) is 13.2. The zero-order chi connectivity index (χ0) is 13.1. The predicted octanol–water partition coefficient (Wildman–Crippen LogP) is 4.96. The summed E-state index contributed by atoms with van der Waals surface area (Å²) in [5.74, 6) is 0.390. The van der Waals surface area contributed by atoms with Gasteiger partial charge in [-0.05, 0) is 52.3 Å². The van der Waals surface area contributed by atoms with Gasteiger partial charge < -0.3 is 4.74 Å². The van der Waals surface area contributed by atoms with E-state index in [1.165, 1.54) is 12.1 Å². The summed E-state index contributed by atoms with van der Waals surface area (Å²) in [4.78, 5) is 10.8. The second-order valence-corrected chi connectivity index (χ2v) is 5.25. The maximum atomic E-state index is 13.0. The number of carbonyl (C=O) groups excluding carboxylic acids is 1. The van der Waals surface area contributed by atoms with Crippen LogP contribution in [0.15, 0.2) is 45.3 Å². The molecule has 5 heteroatoms. The molecule has 18 heavy (non-hydrogen) atoms. The minimum atomic E-state index is -0.473. The third-order valence-electron chi connectivity index (χ3n) is 2.21. The van der Waals surface area contributed by atoms with Crippen molar-refractivity contribution < 1.29 is 13.9 Å². The summed E-state index contributed by atoms with van der Waals surface area (Å²) in [7, 11) is 0. The second kappa shape index (κ2) is 5.63. The summed E-state index contributed by atoms with van der Waals surface area (Å²) >= 11 is 6.68. The molecule has 2 aromatic rings. The third-order valence-corrected chi connectivity index (χ3v) is 3.33. The monoisotopic (exact) mass is 372 g/mol. The average Bonchev–Trinajstić information content (AvgIpc) is 2.34. The average molecular weight is 374 g/mol. The van der Waals surface area contributed by atoms with Gasteiger partial charge in [0.15, 0.2) is 6.29 Å². The molecule has 0 saturated heterocycles. The van der Waals surface area contributed by atoms with Crippen LogP contribution in [0.3, 0.4) is 0 Å². The lowest BCUT2D eigenvalue weighted by Crippen LogP contribution is -1.92. The number of hydrogen-bond acceptors (Lipinski definition) is 2. The highest BCUT2D eigenvalue weighted by molar-refractivity contribution is 9.11. The van der Waals surface area contributed by atoms with Crippen LogP contribution in [0.5, 0.6) is 11.5 Å². The van der Waals surface area contributed by atoms with Crippen molar-refractivity contribution in [3.05, 3.63) is 56.7 Å². The second-order valence-electron chi connectivity index (χ2n) is 3.48. The highest BCUT2D eigenvalue weighted by Crippen LogP contribution is 2.33. The summed E-state index contributed by atoms with van der Waals surface area (Å²) in [6.07, 6.45) is 0.561. The molecule has 0 N–H and O–H groups in total. The lowest BCUT2D eigenvalue weighted by atomic mass is 10.2. The minimum absolute atomic E-state index is 0.171. The van der Waals surface area contributed by atoms with E-state index in [4.69, 9.17) is 4.74 Å². The molecule has 0 saturated carbocycles. The van der Waals surface area contributed by atoms with Gasteiger partial charge in [0.2, 0.25) is 0 Å². The van der Waals surface area contributed by atoms with Gasteiger partial charge in [-0.2, -0.15) is 0 Å². The van der Waals surface area contributed by atoms with Crippen LogP contribution in [0.4, 0.5) is 4.39 Å². The maximum absolute atomic E-state index is 13.0. The molecule has 0 heterocycles. The molecule has 0 bridgehead atoms. The molecule has 0 unspecified atom stereocenters. The Morgan fingerprint density at radius 2 is 1.78 bits per heavy atom. The van der Waals surface area contributed by atoms with E-state index in [0.717, 1.165) is 15.0 Å². The molecular formula is C13H7Br2FO2. The standard InChI is InChI=1S/C13H7Br2FO2/c14-9-1-3-13(11(15)6-9)18-12-4-2-10(16)5-8(12)7-17/h1-7H. The Labute approximate surface area is 120 Å². The Kier molecular flexibility index (Phi) is 4.14. The summed E-state index contributed by atoms with van der Waals surface area (Å²) in [5, 5.41) is 0. The Morgan fingerprint density at radius 1 is 1.06 bits per heavy atom. The number of rotatable bonds is 3. The summed E-state index contributed by atoms with van der Waals surface area (Å²) < 4.78 is 20.2. The predicted molar refractivity (Wildman–Crippen MR) is 73.7 cm³/mol. The summed E-state index contributed by atoms with van der Waals surface area (Å²) in [6, 6.07) is 9.17. The van der Waals surface area contributed by atoms with Crippen LogP contribution in [-0.2, 0) is 0 Å². The third kappa shape index (κ3) is 2.97. The Morgan fingerprint density at radius 3 is 2.44 bits per heavy atom. The molecule has 2 nitrogen and oxygen atoms in total. The van der Waals surface area contributed by atoms with Crippen molar-refractivity contribution >= 4 is 38.1 Å². The molecule has 0 fully saturated rings. The molecule has 92 valence electrons. The maximum Gasteiger partial charge on any atom is 0.153 e. The van der Waals surface area contributed by atoms with Crippen molar-refractivity contribution in [2.24, 2.45) is 0 Å². The normalized spacial score (nSPS) is 10.2. The van der Waals surface area contributed by atoms with Crippen molar-refractivity contribution in [2.75, 3.05) is 0 Å². The number of halogens is 3. The van der Waals surface area contributed by atoms with Gasteiger partial charge in [0.1, 0.15) is 17.3 Å². The Bertz CT molecular complexity index is 600. The molecule has 0 aliphatic carbocycles. The molecule has 2 aromatic carbocycles. The number of ether oxygens (including phenoxy) is 1.